The Balaban J connectivity index is 1.82. The molecule has 1 amide bonds. The predicted octanol–water partition coefficient (Wildman–Crippen LogP) is 2.20. The molecule has 0 aromatic heterocycles. The predicted molar refractivity (Wildman–Crippen MR) is 70.2 cm³/mol. The third-order valence-electron chi connectivity index (χ3n) is 3.30. The minimum atomic E-state index is -0.00405. The van der Waals surface area contributed by atoms with Crippen LogP contribution in [0, 0.1) is 0 Å². The fourth-order valence-electron chi connectivity index (χ4n) is 2.31. The van der Waals surface area contributed by atoms with Gasteiger partial charge in [0.2, 0.25) is 5.91 Å². The zero-order chi connectivity index (χ0) is 12.8. The van der Waals surface area contributed by atoms with E-state index in [-0.39, 0.29) is 18.1 Å². The minimum absolute atomic E-state index is 0.00405. The average molecular weight is 245 g/mol. The smallest absolute Gasteiger partial charge is 0.230 e. The van der Waals surface area contributed by atoms with Crippen molar-refractivity contribution >= 4 is 11.7 Å². The number of carbonyl (C=O) groups is 2. The fourth-order valence-corrected chi connectivity index (χ4v) is 2.31. The maximum Gasteiger partial charge on any atom is 0.230 e. The topological polar surface area (TPSA) is 37.4 Å². The third-order valence-corrected chi connectivity index (χ3v) is 3.30. The first-order chi connectivity index (χ1) is 8.75. The molecule has 1 fully saturated rings. The van der Waals surface area contributed by atoms with Crippen molar-refractivity contribution in [3.05, 3.63) is 35.9 Å². The number of ketones is 1. The van der Waals surface area contributed by atoms with Gasteiger partial charge in [0.15, 0.2) is 0 Å². The summed E-state index contributed by atoms with van der Waals surface area (Å²) in [5.41, 5.74) is 0.981. The summed E-state index contributed by atoms with van der Waals surface area (Å²) in [7, 11) is 0. The van der Waals surface area contributed by atoms with E-state index in [1.165, 1.54) is 6.42 Å². The number of amides is 1. The van der Waals surface area contributed by atoms with Crippen LogP contribution in [0.25, 0.3) is 0 Å². The van der Waals surface area contributed by atoms with E-state index in [0.29, 0.717) is 6.42 Å². The molecular weight excluding hydrogens is 226 g/mol. The second-order valence-corrected chi connectivity index (χ2v) is 4.82. The zero-order valence-electron chi connectivity index (χ0n) is 10.6. The Morgan fingerprint density at radius 1 is 1.00 bits per heavy atom. The van der Waals surface area contributed by atoms with Gasteiger partial charge >= 0.3 is 0 Å². The Morgan fingerprint density at radius 2 is 1.67 bits per heavy atom. The van der Waals surface area contributed by atoms with Gasteiger partial charge in [0, 0.05) is 19.5 Å². The Hall–Kier alpha value is -1.64. The van der Waals surface area contributed by atoms with Gasteiger partial charge in [-0.3, -0.25) is 9.59 Å². The van der Waals surface area contributed by atoms with Crippen LogP contribution in [-0.4, -0.2) is 29.7 Å². The highest BCUT2D eigenvalue weighted by atomic mass is 16.2. The largest absolute Gasteiger partial charge is 0.342 e. The molecule has 0 saturated carbocycles. The highest BCUT2D eigenvalue weighted by molar-refractivity contribution is 5.98. The first-order valence-corrected chi connectivity index (χ1v) is 6.59. The maximum absolute atomic E-state index is 11.9. The number of benzene rings is 1. The molecule has 0 radical (unpaired) electrons. The maximum atomic E-state index is 11.9. The summed E-state index contributed by atoms with van der Waals surface area (Å²) < 4.78 is 0. The lowest BCUT2D eigenvalue weighted by molar-refractivity contribution is -0.135. The summed E-state index contributed by atoms with van der Waals surface area (Å²) in [6, 6.07) is 9.59. The molecule has 0 atom stereocenters. The molecule has 96 valence electrons. The van der Waals surface area contributed by atoms with Gasteiger partial charge in [-0.15, -0.1) is 0 Å². The van der Waals surface area contributed by atoms with Crippen molar-refractivity contribution in [3.63, 3.8) is 0 Å². The Bertz CT molecular complexity index is 408. The van der Waals surface area contributed by atoms with Crippen molar-refractivity contribution < 1.29 is 9.59 Å². The molecule has 0 aliphatic carbocycles. The second-order valence-electron chi connectivity index (χ2n) is 4.82. The molecular formula is C15H19NO2. The van der Waals surface area contributed by atoms with E-state index >= 15 is 0 Å². The number of piperidine rings is 1. The summed E-state index contributed by atoms with van der Waals surface area (Å²) >= 11 is 0. The van der Waals surface area contributed by atoms with E-state index in [0.717, 1.165) is 31.5 Å². The SMILES string of the molecule is O=C(CC(=O)N1CCCCC1)Cc1ccccc1. The summed E-state index contributed by atoms with van der Waals surface area (Å²) in [5, 5.41) is 0. The van der Waals surface area contributed by atoms with E-state index in [1.54, 1.807) is 0 Å². The third kappa shape index (κ3) is 3.69. The molecule has 0 spiro atoms. The molecule has 1 aromatic carbocycles. The number of hydrogen-bond donors (Lipinski definition) is 0. The zero-order valence-corrected chi connectivity index (χ0v) is 10.6. The van der Waals surface area contributed by atoms with E-state index < -0.39 is 0 Å². The minimum Gasteiger partial charge on any atom is -0.342 e. The van der Waals surface area contributed by atoms with E-state index in [9.17, 15) is 9.59 Å². The van der Waals surface area contributed by atoms with Crippen molar-refractivity contribution in [2.24, 2.45) is 0 Å². The van der Waals surface area contributed by atoms with Crippen LogP contribution in [0.15, 0.2) is 30.3 Å². The molecule has 1 aliphatic rings. The Kier molecular flexibility index (Phi) is 4.51. The lowest BCUT2D eigenvalue weighted by Crippen LogP contribution is -2.36. The molecule has 1 aliphatic heterocycles. The van der Waals surface area contributed by atoms with Crippen molar-refractivity contribution in [1.29, 1.82) is 0 Å². The number of likely N-dealkylation sites (tertiary alicyclic amines) is 1. The van der Waals surface area contributed by atoms with Crippen LogP contribution in [0.3, 0.4) is 0 Å². The molecule has 1 aromatic rings. The molecule has 0 N–H and O–H groups in total. The van der Waals surface area contributed by atoms with Gasteiger partial charge in [0.05, 0.1) is 6.42 Å². The first kappa shape index (κ1) is 12.8. The summed E-state index contributed by atoms with van der Waals surface area (Å²) in [4.78, 5) is 25.5. The van der Waals surface area contributed by atoms with Crippen LogP contribution in [0.5, 0.6) is 0 Å². The van der Waals surface area contributed by atoms with Gasteiger partial charge in [-0.1, -0.05) is 30.3 Å². The molecule has 18 heavy (non-hydrogen) atoms. The molecule has 3 heteroatoms. The molecule has 0 unspecified atom stereocenters. The molecule has 0 bridgehead atoms. The highest BCUT2D eigenvalue weighted by Gasteiger charge is 2.19. The molecule has 2 rings (SSSR count). The van der Waals surface area contributed by atoms with Crippen molar-refractivity contribution in [2.75, 3.05) is 13.1 Å². The summed E-state index contributed by atoms with van der Waals surface area (Å²) in [6.45, 7) is 1.63. The van der Waals surface area contributed by atoms with Crippen LogP contribution in [0.1, 0.15) is 31.2 Å². The first-order valence-electron chi connectivity index (χ1n) is 6.59. The van der Waals surface area contributed by atoms with Crippen LogP contribution in [-0.2, 0) is 16.0 Å². The van der Waals surface area contributed by atoms with Crippen LogP contribution < -0.4 is 0 Å². The number of hydrogen-bond acceptors (Lipinski definition) is 2. The monoisotopic (exact) mass is 245 g/mol. The van der Waals surface area contributed by atoms with Crippen LogP contribution in [0.4, 0.5) is 0 Å². The van der Waals surface area contributed by atoms with Crippen LogP contribution >= 0.6 is 0 Å². The molecule has 1 saturated heterocycles. The molecule has 3 nitrogen and oxygen atoms in total. The Labute approximate surface area is 108 Å². The number of carbonyl (C=O) groups excluding carboxylic acids is 2. The number of Topliss-reactive ketones (excluding diaryl/α,β-unsaturated/α-hetero) is 1. The lowest BCUT2D eigenvalue weighted by atomic mass is 10.1. The van der Waals surface area contributed by atoms with Gasteiger partial charge in [-0.05, 0) is 24.8 Å². The van der Waals surface area contributed by atoms with Gasteiger partial charge in [0.1, 0.15) is 5.78 Å². The summed E-state index contributed by atoms with van der Waals surface area (Å²) in [5.74, 6) is 0.00686. The summed E-state index contributed by atoms with van der Waals surface area (Å²) in [6.07, 6.45) is 3.74. The van der Waals surface area contributed by atoms with E-state index in [2.05, 4.69) is 0 Å². The normalized spacial score (nSPS) is 15.4. The Morgan fingerprint density at radius 3 is 2.33 bits per heavy atom. The highest BCUT2D eigenvalue weighted by Crippen LogP contribution is 2.11. The van der Waals surface area contributed by atoms with Gasteiger partial charge < -0.3 is 4.90 Å². The number of rotatable bonds is 4. The number of nitrogens with zero attached hydrogens (tertiary/aromatic N) is 1. The molecule has 1 heterocycles. The van der Waals surface area contributed by atoms with Gasteiger partial charge in [0.25, 0.3) is 0 Å². The van der Waals surface area contributed by atoms with E-state index in [1.807, 2.05) is 35.2 Å². The fraction of sp³-hybridized carbons (Fsp3) is 0.467. The average Bonchev–Trinajstić information content (AvgIpc) is 2.40. The van der Waals surface area contributed by atoms with Crippen molar-refractivity contribution in [2.45, 2.75) is 32.1 Å². The second kappa shape index (κ2) is 6.34. The standard InChI is InChI=1S/C15H19NO2/c17-14(11-13-7-3-1-4-8-13)12-15(18)16-9-5-2-6-10-16/h1,3-4,7-8H,2,5-6,9-12H2. The van der Waals surface area contributed by atoms with Gasteiger partial charge in [-0.25, -0.2) is 0 Å². The van der Waals surface area contributed by atoms with Crippen molar-refractivity contribution in [1.82, 2.24) is 4.90 Å². The quantitative estimate of drug-likeness (QED) is 0.763. The van der Waals surface area contributed by atoms with Gasteiger partial charge in [-0.2, -0.15) is 0 Å². The van der Waals surface area contributed by atoms with Crippen molar-refractivity contribution in [3.8, 4) is 0 Å². The lowest BCUT2D eigenvalue weighted by Gasteiger charge is -2.26. The van der Waals surface area contributed by atoms with E-state index in [4.69, 9.17) is 0 Å². The van der Waals surface area contributed by atoms with Crippen LogP contribution in [0.2, 0.25) is 0 Å².